The van der Waals surface area contributed by atoms with Crippen molar-refractivity contribution >= 4 is 17.3 Å². The largest absolute Gasteiger partial charge is 0.496 e. The number of methoxy groups -OCH3 is 2. The number of hydrogen-bond acceptors (Lipinski definition) is 3. The molecule has 0 fully saturated rings. The second kappa shape index (κ2) is 8.72. The van der Waals surface area contributed by atoms with Crippen molar-refractivity contribution in [3.8, 4) is 5.75 Å². The van der Waals surface area contributed by atoms with Crippen LogP contribution >= 0.6 is 12.2 Å². The number of rotatable bonds is 7. The minimum atomic E-state index is 0.647. The molecule has 5 heteroatoms. The second-order valence-corrected chi connectivity index (χ2v) is 4.15. The molecule has 0 radical (unpaired) electrons. The quantitative estimate of drug-likeness (QED) is 0.577. The number of thiocarbonyl (C=S) groups is 1. The van der Waals surface area contributed by atoms with E-state index in [0.29, 0.717) is 11.7 Å². The Bertz CT molecular complexity index is 372. The highest BCUT2D eigenvalue weighted by Gasteiger charge is 2.01. The van der Waals surface area contributed by atoms with Gasteiger partial charge in [-0.3, -0.25) is 0 Å². The number of nitrogens with one attached hydrogen (secondary N) is 2. The average molecular weight is 268 g/mol. The fourth-order valence-corrected chi connectivity index (χ4v) is 1.75. The summed E-state index contributed by atoms with van der Waals surface area (Å²) in [6.45, 7) is 2.14. The highest BCUT2D eigenvalue weighted by molar-refractivity contribution is 7.80. The first-order valence-corrected chi connectivity index (χ1v) is 6.31. The van der Waals surface area contributed by atoms with E-state index >= 15 is 0 Å². The first kappa shape index (κ1) is 14.7. The Morgan fingerprint density at radius 2 is 1.89 bits per heavy atom. The molecule has 18 heavy (non-hydrogen) atoms. The third-order valence-corrected chi connectivity index (χ3v) is 2.75. The molecular weight excluding hydrogens is 248 g/mol. The van der Waals surface area contributed by atoms with Gasteiger partial charge in [0.15, 0.2) is 5.11 Å². The van der Waals surface area contributed by atoms with E-state index in [1.165, 1.54) is 5.56 Å². The van der Waals surface area contributed by atoms with Crippen molar-refractivity contribution in [2.75, 3.05) is 33.9 Å². The van der Waals surface area contributed by atoms with Crippen molar-refractivity contribution < 1.29 is 9.47 Å². The standard InChI is InChI=1S/C13H20N2O2S/c1-16-10-9-15-13(18)14-8-7-11-5-3-4-6-12(11)17-2/h3-6H,7-10H2,1-2H3,(H2,14,15,18). The molecule has 0 bridgehead atoms. The third-order valence-electron chi connectivity index (χ3n) is 2.46. The van der Waals surface area contributed by atoms with Crippen LogP contribution in [0.5, 0.6) is 5.75 Å². The maximum Gasteiger partial charge on any atom is 0.166 e. The van der Waals surface area contributed by atoms with Gasteiger partial charge in [-0.15, -0.1) is 0 Å². The lowest BCUT2D eigenvalue weighted by Crippen LogP contribution is -2.37. The number of hydrogen-bond donors (Lipinski definition) is 2. The third kappa shape index (κ3) is 5.33. The number of para-hydroxylation sites is 1. The van der Waals surface area contributed by atoms with E-state index in [1.54, 1.807) is 14.2 Å². The van der Waals surface area contributed by atoms with Crippen LogP contribution in [0.4, 0.5) is 0 Å². The Morgan fingerprint density at radius 3 is 2.61 bits per heavy atom. The summed E-state index contributed by atoms with van der Waals surface area (Å²) in [6.07, 6.45) is 0.871. The molecule has 0 aliphatic carbocycles. The fourth-order valence-electron chi connectivity index (χ4n) is 1.55. The van der Waals surface area contributed by atoms with Gasteiger partial charge in [0.25, 0.3) is 0 Å². The molecule has 0 aliphatic rings. The van der Waals surface area contributed by atoms with Crippen LogP contribution in [-0.4, -0.2) is 39.0 Å². The fraction of sp³-hybridized carbons (Fsp3) is 0.462. The summed E-state index contributed by atoms with van der Waals surface area (Å²) >= 11 is 5.13. The van der Waals surface area contributed by atoms with Crippen LogP contribution in [0.25, 0.3) is 0 Å². The molecule has 0 aromatic heterocycles. The minimum absolute atomic E-state index is 0.647. The summed E-state index contributed by atoms with van der Waals surface area (Å²) in [5.74, 6) is 0.914. The van der Waals surface area contributed by atoms with Gasteiger partial charge < -0.3 is 20.1 Å². The Kier molecular flexibility index (Phi) is 7.13. The van der Waals surface area contributed by atoms with E-state index in [-0.39, 0.29) is 0 Å². The predicted octanol–water partition coefficient (Wildman–Crippen LogP) is 1.35. The molecule has 0 spiro atoms. The molecular formula is C13H20N2O2S. The summed E-state index contributed by atoms with van der Waals surface area (Å²) in [6, 6.07) is 7.99. The lowest BCUT2D eigenvalue weighted by molar-refractivity contribution is 0.204. The van der Waals surface area contributed by atoms with Crippen molar-refractivity contribution in [3.63, 3.8) is 0 Å². The molecule has 1 aromatic carbocycles. The highest BCUT2D eigenvalue weighted by atomic mass is 32.1. The second-order valence-electron chi connectivity index (χ2n) is 3.74. The van der Waals surface area contributed by atoms with Gasteiger partial charge in [0.1, 0.15) is 5.75 Å². The van der Waals surface area contributed by atoms with Crippen LogP contribution < -0.4 is 15.4 Å². The molecule has 0 heterocycles. The molecule has 2 N–H and O–H groups in total. The van der Waals surface area contributed by atoms with E-state index in [4.69, 9.17) is 21.7 Å². The summed E-state index contributed by atoms with van der Waals surface area (Å²) in [5, 5.41) is 6.87. The number of benzene rings is 1. The Labute approximate surface area is 114 Å². The Hall–Kier alpha value is -1.33. The molecule has 0 unspecified atom stereocenters. The average Bonchev–Trinajstić information content (AvgIpc) is 2.39. The molecule has 0 amide bonds. The molecule has 0 atom stereocenters. The normalized spacial score (nSPS) is 9.89. The van der Waals surface area contributed by atoms with Crippen molar-refractivity contribution in [2.45, 2.75) is 6.42 Å². The lowest BCUT2D eigenvalue weighted by Gasteiger charge is -2.11. The van der Waals surface area contributed by atoms with Gasteiger partial charge >= 0.3 is 0 Å². The molecule has 4 nitrogen and oxygen atoms in total. The van der Waals surface area contributed by atoms with Crippen LogP contribution in [0.3, 0.4) is 0 Å². The van der Waals surface area contributed by atoms with Gasteiger partial charge in [-0.2, -0.15) is 0 Å². The molecule has 100 valence electrons. The first-order chi connectivity index (χ1) is 8.77. The van der Waals surface area contributed by atoms with E-state index in [9.17, 15) is 0 Å². The zero-order valence-corrected chi connectivity index (χ0v) is 11.7. The van der Waals surface area contributed by atoms with E-state index in [1.807, 2.05) is 18.2 Å². The van der Waals surface area contributed by atoms with Gasteiger partial charge in [-0.1, -0.05) is 18.2 Å². The van der Waals surface area contributed by atoms with Crippen LogP contribution in [0.15, 0.2) is 24.3 Å². The van der Waals surface area contributed by atoms with E-state index in [2.05, 4.69) is 16.7 Å². The maximum atomic E-state index is 5.29. The molecule has 1 aromatic rings. The zero-order valence-electron chi connectivity index (χ0n) is 10.9. The summed E-state index contributed by atoms with van der Waals surface area (Å²) in [5.41, 5.74) is 1.17. The molecule has 1 rings (SSSR count). The van der Waals surface area contributed by atoms with Crippen LogP contribution in [0, 0.1) is 0 Å². The minimum Gasteiger partial charge on any atom is -0.496 e. The van der Waals surface area contributed by atoms with Crippen LogP contribution in [0.1, 0.15) is 5.56 Å². The van der Waals surface area contributed by atoms with Gasteiger partial charge in [0.2, 0.25) is 0 Å². The SMILES string of the molecule is COCCNC(=S)NCCc1ccccc1OC. The van der Waals surface area contributed by atoms with Crippen LogP contribution in [0.2, 0.25) is 0 Å². The topological polar surface area (TPSA) is 42.5 Å². The van der Waals surface area contributed by atoms with Crippen molar-refractivity contribution in [2.24, 2.45) is 0 Å². The zero-order chi connectivity index (χ0) is 13.2. The lowest BCUT2D eigenvalue weighted by atomic mass is 10.1. The Balaban J connectivity index is 2.26. The van der Waals surface area contributed by atoms with Crippen LogP contribution in [-0.2, 0) is 11.2 Å². The monoisotopic (exact) mass is 268 g/mol. The summed E-state index contributed by atoms with van der Waals surface area (Å²) < 4.78 is 10.2. The summed E-state index contributed by atoms with van der Waals surface area (Å²) in [7, 11) is 3.35. The molecule has 0 aliphatic heterocycles. The van der Waals surface area contributed by atoms with Gasteiger partial charge in [-0.05, 0) is 30.3 Å². The summed E-state index contributed by atoms with van der Waals surface area (Å²) in [4.78, 5) is 0. The first-order valence-electron chi connectivity index (χ1n) is 5.90. The van der Waals surface area contributed by atoms with E-state index in [0.717, 1.165) is 25.3 Å². The van der Waals surface area contributed by atoms with Gasteiger partial charge in [-0.25, -0.2) is 0 Å². The van der Waals surface area contributed by atoms with Gasteiger partial charge in [0, 0.05) is 20.2 Å². The van der Waals surface area contributed by atoms with Crippen molar-refractivity contribution in [1.82, 2.24) is 10.6 Å². The highest BCUT2D eigenvalue weighted by Crippen LogP contribution is 2.16. The number of ether oxygens (including phenoxy) is 2. The van der Waals surface area contributed by atoms with Crippen molar-refractivity contribution in [3.05, 3.63) is 29.8 Å². The molecule has 0 saturated heterocycles. The van der Waals surface area contributed by atoms with E-state index < -0.39 is 0 Å². The smallest absolute Gasteiger partial charge is 0.166 e. The maximum absolute atomic E-state index is 5.29. The van der Waals surface area contributed by atoms with Gasteiger partial charge in [0.05, 0.1) is 13.7 Å². The Morgan fingerprint density at radius 1 is 1.17 bits per heavy atom. The predicted molar refractivity (Wildman–Crippen MR) is 77.2 cm³/mol. The van der Waals surface area contributed by atoms with Crippen molar-refractivity contribution in [1.29, 1.82) is 0 Å². The molecule has 0 saturated carbocycles.